The highest BCUT2D eigenvalue weighted by molar-refractivity contribution is 4.91. The van der Waals surface area contributed by atoms with Gasteiger partial charge in [-0.1, -0.05) is 0 Å². The van der Waals surface area contributed by atoms with Crippen molar-refractivity contribution in [2.75, 3.05) is 13.7 Å². The maximum Gasteiger partial charge on any atom is 0.173 e. The van der Waals surface area contributed by atoms with Crippen LogP contribution in [0.5, 0.6) is 0 Å². The lowest BCUT2D eigenvalue weighted by atomic mass is 9.97. The van der Waals surface area contributed by atoms with Crippen molar-refractivity contribution in [3.63, 3.8) is 0 Å². The second-order valence-corrected chi connectivity index (χ2v) is 3.04. The summed E-state index contributed by atoms with van der Waals surface area (Å²) in [6, 6.07) is -0.738. The maximum atomic E-state index is 9.45. The quantitative estimate of drug-likeness (QED) is 0.320. The normalized spacial score (nSPS) is 46.4. The van der Waals surface area contributed by atoms with Crippen LogP contribution < -0.4 is 5.32 Å². The summed E-state index contributed by atoms with van der Waals surface area (Å²) < 4.78 is 4.85. The monoisotopic (exact) mass is 193 g/mol. The van der Waals surface area contributed by atoms with Gasteiger partial charge in [0.1, 0.15) is 18.3 Å². The zero-order valence-corrected chi connectivity index (χ0v) is 7.29. The van der Waals surface area contributed by atoms with Gasteiger partial charge in [0.2, 0.25) is 0 Å². The molecule has 2 unspecified atom stereocenters. The number of rotatable bonds is 2. The van der Waals surface area contributed by atoms with E-state index in [0.29, 0.717) is 0 Å². The molecule has 0 bridgehead atoms. The Kier molecular flexibility index (Phi) is 3.60. The second kappa shape index (κ2) is 4.32. The fourth-order valence-corrected chi connectivity index (χ4v) is 1.41. The van der Waals surface area contributed by atoms with E-state index >= 15 is 0 Å². The van der Waals surface area contributed by atoms with Crippen molar-refractivity contribution in [2.45, 2.75) is 30.6 Å². The van der Waals surface area contributed by atoms with Crippen LogP contribution in [0.3, 0.4) is 0 Å². The molecule has 1 rings (SSSR count). The van der Waals surface area contributed by atoms with E-state index in [1.54, 1.807) is 0 Å². The highest BCUT2D eigenvalue weighted by Crippen LogP contribution is 2.18. The first-order valence-corrected chi connectivity index (χ1v) is 4.09. The van der Waals surface area contributed by atoms with Gasteiger partial charge in [-0.25, -0.2) is 0 Å². The van der Waals surface area contributed by atoms with E-state index in [0.717, 1.165) is 0 Å². The molecule has 1 heterocycles. The first-order chi connectivity index (χ1) is 6.11. The number of ether oxygens (including phenoxy) is 1. The molecule has 13 heavy (non-hydrogen) atoms. The Morgan fingerprint density at radius 3 is 2.31 bits per heavy atom. The smallest absolute Gasteiger partial charge is 0.173 e. The molecule has 0 radical (unpaired) electrons. The van der Waals surface area contributed by atoms with E-state index in [9.17, 15) is 15.3 Å². The Balaban J connectivity index is 2.66. The summed E-state index contributed by atoms with van der Waals surface area (Å²) in [6.45, 7) is -0.439. The summed E-state index contributed by atoms with van der Waals surface area (Å²) in [5, 5.41) is 39.4. The van der Waals surface area contributed by atoms with Crippen molar-refractivity contribution in [1.82, 2.24) is 5.32 Å². The van der Waals surface area contributed by atoms with E-state index in [2.05, 4.69) is 5.32 Å². The van der Waals surface area contributed by atoms with E-state index < -0.39 is 37.3 Å². The Morgan fingerprint density at radius 2 is 1.85 bits per heavy atom. The molecule has 1 aliphatic rings. The molecular formula is C7H15NO5. The molecule has 0 saturated carbocycles. The van der Waals surface area contributed by atoms with Gasteiger partial charge in [0, 0.05) is 0 Å². The summed E-state index contributed by atoms with van der Waals surface area (Å²) in [5.74, 6) is 0. The molecule has 0 aromatic carbocycles. The lowest BCUT2D eigenvalue weighted by Crippen LogP contribution is -2.62. The minimum absolute atomic E-state index is 0.439. The number of aliphatic hydroxyl groups is 4. The van der Waals surface area contributed by atoms with Gasteiger partial charge >= 0.3 is 0 Å². The third-order valence-electron chi connectivity index (χ3n) is 2.23. The van der Waals surface area contributed by atoms with Crippen molar-refractivity contribution in [2.24, 2.45) is 0 Å². The third kappa shape index (κ3) is 1.98. The van der Waals surface area contributed by atoms with Gasteiger partial charge in [0.05, 0.1) is 12.6 Å². The van der Waals surface area contributed by atoms with Gasteiger partial charge in [-0.05, 0) is 7.05 Å². The molecular weight excluding hydrogens is 178 g/mol. The molecule has 0 aromatic heterocycles. The van der Waals surface area contributed by atoms with Crippen LogP contribution >= 0.6 is 0 Å². The molecule has 5 atom stereocenters. The molecule has 6 nitrogen and oxygen atoms in total. The summed E-state index contributed by atoms with van der Waals surface area (Å²) in [6.07, 6.45) is -4.49. The van der Waals surface area contributed by atoms with Crippen LogP contribution in [0.1, 0.15) is 0 Å². The van der Waals surface area contributed by atoms with E-state index in [4.69, 9.17) is 9.84 Å². The summed E-state index contributed by atoms with van der Waals surface area (Å²) >= 11 is 0. The SMILES string of the molecule is CNC1[C@H](O)OC(CO)[C@@H](O)[C@H]1O. The largest absolute Gasteiger partial charge is 0.394 e. The number of hydrogen-bond acceptors (Lipinski definition) is 6. The summed E-state index contributed by atoms with van der Waals surface area (Å²) in [7, 11) is 1.53. The third-order valence-corrected chi connectivity index (χ3v) is 2.23. The van der Waals surface area contributed by atoms with Gasteiger partial charge in [0.15, 0.2) is 6.29 Å². The first-order valence-electron chi connectivity index (χ1n) is 4.09. The predicted molar refractivity (Wildman–Crippen MR) is 42.8 cm³/mol. The van der Waals surface area contributed by atoms with Crippen LogP contribution in [0.4, 0.5) is 0 Å². The van der Waals surface area contributed by atoms with E-state index in [1.807, 2.05) is 0 Å². The fourth-order valence-electron chi connectivity index (χ4n) is 1.41. The molecule has 0 aliphatic carbocycles. The predicted octanol–water partition coefficient (Wildman–Crippen LogP) is -2.99. The van der Waals surface area contributed by atoms with Gasteiger partial charge in [0.25, 0.3) is 0 Å². The molecule has 0 amide bonds. The van der Waals surface area contributed by atoms with Crippen molar-refractivity contribution in [3.05, 3.63) is 0 Å². The summed E-state index contributed by atoms with van der Waals surface area (Å²) in [4.78, 5) is 0. The van der Waals surface area contributed by atoms with Gasteiger partial charge in [-0.3, -0.25) is 0 Å². The number of hydrogen-bond donors (Lipinski definition) is 5. The van der Waals surface area contributed by atoms with Crippen molar-refractivity contribution in [3.8, 4) is 0 Å². The van der Waals surface area contributed by atoms with Crippen molar-refractivity contribution in [1.29, 1.82) is 0 Å². The standard InChI is InChI=1S/C7H15NO5/c1-8-4-6(11)5(10)3(2-9)13-7(4)12/h3-12H,2H2,1H3/t3?,4?,5-,6+,7-/m1/s1. The Hall–Kier alpha value is -0.240. The Bertz CT molecular complexity index is 167. The minimum Gasteiger partial charge on any atom is -0.394 e. The summed E-state index contributed by atoms with van der Waals surface area (Å²) in [5.41, 5.74) is 0. The lowest BCUT2D eigenvalue weighted by Gasteiger charge is -2.39. The minimum atomic E-state index is -1.22. The Morgan fingerprint density at radius 1 is 1.23 bits per heavy atom. The average molecular weight is 193 g/mol. The van der Waals surface area contributed by atoms with Gasteiger partial charge in [-0.15, -0.1) is 0 Å². The number of likely N-dealkylation sites (N-methyl/N-ethyl adjacent to an activating group) is 1. The topological polar surface area (TPSA) is 102 Å². The average Bonchev–Trinajstić information content (AvgIpc) is 2.12. The zero-order chi connectivity index (χ0) is 10.0. The van der Waals surface area contributed by atoms with Crippen LogP contribution in [-0.4, -0.2) is 64.7 Å². The number of aliphatic hydroxyl groups excluding tert-OH is 4. The first kappa shape index (κ1) is 10.8. The zero-order valence-electron chi connectivity index (χ0n) is 7.29. The second-order valence-electron chi connectivity index (χ2n) is 3.04. The van der Waals surface area contributed by atoms with Crippen molar-refractivity contribution < 1.29 is 25.2 Å². The molecule has 1 aliphatic heterocycles. The number of nitrogens with one attached hydrogen (secondary N) is 1. The molecule has 5 N–H and O–H groups in total. The highest BCUT2D eigenvalue weighted by atomic mass is 16.6. The van der Waals surface area contributed by atoms with Crippen LogP contribution in [0.15, 0.2) is 0 Å². The highest BCUT2D eigenvalue weighted by Gasteiger charge is 2.42. The molecule has 0 aromatic rings. The van der Waals surface area contributed by atoms with Crippen molar-refractivity contribution >= 4 is 0 Å². The van der Waals surface area contributed by atoms with E-state index in [1.165, 1.54) is 7.05 Å². The van der Waals surface area contributed by atoms with Crippen LogP contribution in [0, 0.1) is 0 Å². The molecule has 1 fully saturated rings. The lowest BCUT2D eigenvalue weighted by molar-refractivity contribution is -0.253. The van der Waals surface area contributed by atoms with Gasteiger partial charge < -0.3 is 30.5 Å². The Labute approximate surface area is 75.8 Å². The molecule has 6 heteroatoms. The van der Waals surface area contributed by atoms with Crippen LogP contribution in [-0.2, 0) is 4.74 Å². The van der Waals surface area contributed by atoms with E-state index in [-0.39, 0.29) is 0 Å². The molecule has 78 valence electrons. The maximum absolute atomic E-state index is 9.45. The fraction of sp³-hybridized carbons (Fsp3) is 1.00. The van der Waals surface area contributed by atoms with Gasteiger partial charge in [-0.2, -0.15) is 0 Å². The van der Waals surface area contributed by atoms with Crippen LogP contribution in [0.25, 0.3) is 0 Å². The molecule has 0 spiro atoms. The van der Waals surface area contributed by atoms with Crippen LogP contribution in [0.2, 0.25) is 0 Å². The molecule has 1 saturated heterocycles.